The highest BCUT2D eigenvalue weighted by atomic mass is 35.5. The number of hydrogen-bond donors (Lipinski definition) is 0. The third-order valence-electron chi connectivity index (χ3n) is 10.6. The molecule has 0 N–H and O–H groups in total. The Bertz CT molecular complexity index is 1760. The van der Waals surface area contributed by atoms with Crippen LogP contribution in [0.5, 0.6) is 0 Å². The zero-order valence-corrected chi connectivity index (χ0v) is 34.0. The molecule has 4 aromatic rings. The van der Waals surface area contributed by atoms with Gasteiger partial charge in [0.15, 0.2) is 0 Å². The zero-order chi connectivity index (χ0) is 38.5. The van der Waals surface area contributed by atoms with Crippen LogP contribution in [0.25, 0.3) is 0 Å². The van der Waals surface area contributed by atoms with Crippen LogP contribution in [0.2, 0.25) is 10.0 Å². The first kappa shape index (κ1) is 41.1. The Morgan fingerprint density at radius 3 is 1.96 bits per heavy atom. The lowest BCUT2D eigenvalue weighted by Crippen LogP contribution is -2.46. The summed E-state index contributed by atoms with van der Waals surface area (Å²) in [6.45, 7) is 14.7. The standard InChI is InChI=1S/C27H34FN5.C11H12Cl2.C3H5N3.C2H6/c1-3-22-8-13-27(26(28)18-22)31-16-14-30(15-17-31)24-9-11-25(12-10-24)32-20-29-33(21(32)2)19-23-6-4-5-7-23;12-9-5-6-10(11(13)7-9)8-3-1-2-4-8;1-6-4-2-3-5-6;1-2/h8-13,18,20,23H,2-7,14-17,19H2,1H3;5-8H,1-4H2;2-3H,1H3;1-2H3. The molecule has 1 aromatic heterocycles. The molecule has 0 bridgehead atoms. The maximum absolute atomic E-state index is 14.5. The van der Waals surface area contributed by atoms with Crippen LogP contribution < -0.4 is 14.7 Å². The van der Waals surface area contributed by atoms with E-state index in [1.165, 1.54) is 67.4 Å². The van der Waals surface area contributed by atoms with Crippen molar-refractivity contribution in [3.63, 3.8) is 0 Å². The number of benzene rings is 3. The third kappa shape index (κ3) is 11.0. The number of anilines is 3. The Kier molecular flexibility index (Phi) is 15.6. The van der Waals surface area contributed by atoms with E-state index in [1.54, 1.807) is 25.5 Å². The number of aryl methyl sites for hydroxylation is 2. The number of nitrogens with zero attached hydrogens (tertiary/aromatic N) is 8. The first-order valence-corrected chi connectivity index (χ1v) is 20.5. The quantitative estimate of drug-likeness (QED) is 0.186. The van der Waals surface area contributed by atoms with Gasteiger partial charge in [-0.15, -0.1) is 0 Å². The average molecular weight is 776 g/mol. The van der Waals surface area contributed by atoms with Crippen LogP contribution >= 0.6 is 23.2 Å². The third-order valence-corrected chi connectivity index (χ3v) is 11.2. The minimum absolute atomic E-state index is 0.110. The van der Waals surface area contributed by atoms with Crippen molar-refractivity contribution in [2.75, 3.05) is 47.4 Å². The molecule has 8 rings (SSSR count). The molecule has 290 valence electrons. The maximum atomic E-state index is 14.5. The van der Waals surface area contributed by atoms with Crippen molar-refractivity contribution in [2.24, 2.45) is 18.1 Å². The Balaban J connectivity index is 0.000000217. The van der Waals surface area contributed by atoms with Gasteiger partial charge < -0.3 is 9.80 Å². The second-order valence-corrected chi connectivity index (χ2v) is 14.9. The molecule has 0 amide bonds. The number of hydrogen-bond acceptors (Lipinski definition) is 7. The van der Waals surface area contributed by atoms with E-state index in [2.05, 4.69) is 78.8 Å². The summed E-state index contributed by atoms with van der Waals surface area (Å²) in [6.07, 6.45) is 16.5. The maximum Gasteiger partial charge on any atom is 0.146 e. The fourth-order valence-electron chi connectivity index (χ4n) is 7.59. The van der Waals surface area contributed by atoms with Crippen molar-refractivity contribution in [3.8, 4) is 0 Å². The van der Waals surface area contributed by atoms with Crippen molar-refractivity contribution in [3.05, 3.63) is 112 Å². The fourth-order valence-corrected chi connectivity index (χ4v) is 8.15. The van der Waals surface area contributed by atoms with E-state index in [1.807, 2.05) is 44.5 Å². The second-order valence-electron chi connectivity index (χ2n) is 14.0. The molecule has 4 aliphatic rings. The number of piperazine rings is 1. The first-order chi connectivity index (χ1) is 26.3. The Morgan fingerprint density at radius 1 is 0.778 bits per heavy atom. The molecule has 3 heterocycles. The van der Waals surface area contributed by atoms with Crippen LogP contribution in [-0.2, 0) is 13.5 Å². The summed E-state index contributed by atoms with van der Waals surface area (Å²) in [5.41, 5.74) is 5.32. The normalized spacial score (nSPS) is 17.2. The van der Waals surface area contributed by atoms with Gasteiger partial charge in [0.25, 0.3) is 0 Å². The Morgan fingerprint density at radius 2 is 1.39 bits per heavy atom. The molecule has 3 aromatic carbocycles. The average Bonchev–Trinajstić information content (AvgIpc) is 4.05. The molecule has 1 saturated heterocycles. The van der Waals surface area contributed by atoms with Crippen molar-refractivity contribution < 1.29 is 4.39 Å². The highest BCUT2D eigenvalue weighted by Gasteiger charge is 2.26. The monoisotopic (exact) mass is 774 g/mol. The van der Waals surface area contributed by atoms with Crippen LogP contribution in [-0.4, -0.2) is 59.1 Å². The second kappa shape index (κ2) is 20.6. The van der Waals surface area contributed by atoms with E-state index in [0.717, 1.165) is 77.9 Å². The summed E-state index contributed by atoms with van der Waals surface area (Å²) < 4.78 is 14.5. The molecule has 2 saturated carbocycles. The summed E-state index contributed by atoms with van der Waals surface area (Å²) in [4.78, 5) is 8.10. The molecule has 3 fully saturated rings. The number of halogens is 3. The van der Waals surface area contributed by atoms with Crippen molar-refractivity contribution in [1.82, 2.24) is 20.0 Å². The predicted octanol–water partition coefficient (Wildman–Crippen LogP) is 10.9. The van der Waals surface area contributed by atoms with E-state index in [4.69, 9.17) is 23.2 Å². The summed E-state index contributed by atoms with van der Waals surface area (Å²) >= 11 is 12.0. The minimum atomic E-state index is -0.110. The summed E-state index contributed by atoms with van der Waals surface area (Å²) in [5.74, 6) is 2.23. The fraction of sp³-hybridized carbons (Fsp3) is 0.465. The van der Waals surface area contributed by atoms with E-state index in [0.29, 0.717) is 5.92 Å². The summed E-state index contributed by atoms with van der Waals surface area (Å²) in [7, 11) is 1.78. The number of rotatable bonds is 7. The lowest BCUT2D eigenvalue weighted by molar-refractivity contribution is 0.310. The van der Waals surface area contributed by atoms with Crippen LogP contribution in [0.15, 0.2) is 90.6 Å². The lowest BCUT2D eigenvalue weighted by atomic mass is 9.98. The zero-order valence-electron chi connectivity index (χ0n) is 32.5. The number of aromatic nitrogens is 3. The van der Waals surface area contributed by atoms with E-state index in [9.17, 15) is 4.39 Å². The van der Waals surface area contributed by atoms with Crippen LogP contribution in [0.4, 0.5) is 21.5 Å². The van der Waals surface area contributed by atoms with E-state index < -0.39 is 0 Å². The van der Waals surface area contributed by atoms with Gasteiger partial charge in [-0.2, -0.15) is 20.1 Å². The Hall–Kier alpha value is -4.08. The van der Waals surface area contributed by atoms with Crippen molar-refractivity contribution in [1.29, 1.82) is 0 Å². The van der Waals surface area contributed by atoms with E-state index in [-0.39, 0.29) is 5.82 Å². The SMILES string of the molecule is C=C1N(CC2CCCC2)N=CN1c1ccc(N2CCN(c3ccc(CC)cc3F)CC2)cc1.CC.Clc1ccc(C2CCCC2)c(Cl)c1.Cn1nccn1. The van der Waals surface area contributed by atoms with E-state index >= 15 is 0 Å². The van der Waals surface area contributed by atoms with Crippen LogP contribution in [0.1, 0.15) is 89.2 Å². The molecular formula is C43H57Cl2FN8. The molecule has 0 spiro atoms. The molecular weight excluding hydrogens is 718 g/mol. The largest absolute Gasteiger partial charge is 0.368 e. The van der Waals surface area contributed by atoms with Gasteiger partial charge in [-0.05, 0) is 104 Å². The molecule has 0 unspecified atom stereocenters. The minimum Gasteiger partial charge on any atom is -0.368 e. The smallest absolute Gasteiger partial charge is 0.146 e. The van der Waals surface area contributed by atoms with Crippen LogP contribution in [0.3, 0.4) is 0 Å². The molecule has 2 aliphatic heterocycles. The highest BCUT2D eigenvalue weighted by molar-refractivity contribution is 6.35. The number of hydrazone groups is 1. The molecule has 0 radical (unpaired) electrons. The lowest BCUT2D eigenvalue weighted by Gasteiger charge is -2.37. The van der Waals surface area contributed by atoms with Gasteiger partial charge in [-0.1, -0.05) is 88.4 Å². The summed E-state index contributed by atoms with van der Waals surface area (Å²) in [6, 6.07) is 20.1. The van der Waals surface area contributed by atoms with Crippen molar-refractivity contribution in [2.45, 2.75) is 84.5 Å². The molecule has 54 heavy (non-hydrogen) atoms. The Labute approximate surface area is 332 Å². The predicted molar refractivity (Wildman–Crippen MR) is 225 cm³/mol. The van der Waals surface area contributed by atoms with Gasteiger partial charge in [0.2, 0.25) is 0 Å². The topological polar surface area (TPSA) is 56.0 Å². The van der Waals surface area contributed by atoms with Gasteiger partial charge in [0.1, 0.15) is 18.0 Å². The molecule has 0 atom stereocenters. The van der Waals surface area contributed by atoms with Crippen molar-refractivity contribution >= 4 is 46.6 Å². The van der Waals surface area contributed by atoms with Gasteiger partial charge in [0, 0.05) is 61.2 Å². The highest BCUT2D eigenvalue weighted by Crippen LogP contribution is 2.38. The van der Waals surface area contributed by atoms with Crippen LogP contribution in [0, 0.1) is 11.7 Å². The first-order valence-electron chi connectivity index (χ1n) is 19.7. The molecule has 8 nitrogen and oxygen atoms in total. The van der Waals surface area contributed by atoms with Gasteiger partial charge >= 0.3 is 0 Å². The van der Waals surface area contributed by atoms with Gasteiger partial charge in [0.05, 0.1) is 18.1 Å². The molecule has 2 aliphatic carbocycles. The van der Waals surface area contributed by atoms with Gasteiger partial charge in [-0.25, -0.2) is 9.40 Å². The summed E-state index contributed by atoms with van der Waals surface area (Å²) in [5, 5.41) is 15.7. The van der Waals surface area contributed by atoms with Gasteiger partial charge in [-0.3, -0.25) is 4.90 Å². The molecule has 11 heteroatoms.